The molecule has 1 amide bonds. The minimum absolute atomic E-state index is 0.107. The first kappa shape index (κ1) is 22.4. The summed E-state index contributed by atoms with van der Waals surface area (Å²) < 4.78 is 35.4. The number of nitrogens with one attached hydrogen (secondary N) is 1. The lowest BCUT2D eigenvalue weighted by Crippen LogP contribution is -2.43. The number of ether oxygens (including phenoxy) is 1. The highest BCUT2D eigenvalue weighted by atomic mass is 32.2. The Bertz CT molecular complexity index is 1270. The molecule has 33 heavy (non-hydrogen) atoms. The van der Waals surface area contributed by atoms with Crippen molar-refractivity contribution in [1.82, 2.24) is 5.32 Å². The number of hydrogen-bond donors (Lipinski definition) is 2. The zero-order chi connectivity index (χ0) is 23.4. The van der Waals surface area contributed by atoms with Crippen LogP contribution in [0.1, 0.15) is 55.2 Å². The van der Waals surface area contributed by atoms with E-state index in [1.807, 2.05) is 6.07 Å². The Labute approximate surface area is 192 Å². The summed E-state index contributed by atoms with van der Waals surface area (Å²) in [5.41, 5.74) is 1.70. The van der Waals surface area contributed by atoms with Gasteiger partial charge in [-0.1, -0.05) is 6.42 Å². The molecule has 8 nitrogen and oxygen atoms in total. The summed E-state index contributed by atoms with van der Waals surface area (Å²) in [5.74, 6) is -0.422. The fourth-order valence-electron chi connectivity index (χ4n) is 5.54. The molecule has 2 N–H and O–H groups in total. The van der Waals surface area contributed by atoms with Crippen molar-refractivity contribution in [2.24, 2.45) is 0 Å². The molecule has 5 rings (SSSR count). The van der Waals surface area contributed by atoms with Crippen LogP contribution in [0.5, 0.6) is 5.75 Å². The molecule has 1 aromatic heterocycles. The summed E-state index contributed by atoms with van der Waals surface area (Å²) in [5, 5.41) is 13.2. The van der Waals surface area contributed by atoms with E-state index in [0.717, 1.165) is 42.4 Å². The normalized spacial score (nSPS) is 25.5. The number of fused-ring (bicyclic) bond motifs is 2. The smallest absolute Gasteiger partial charge is 0.340 e. The van der Waals surface area contributed by atoms with Gasteiger partial charge in [0.1, 0.15) is 16.9 Å². The second-order valence-corrected chi connectivity index (χ2v) is 11.9. The number of carbonyl (C=O) groups is 1. The number of aliphatic hydroxyl groups is 1. The monoisotopic (exact) mass is 475 g/mol. The second-order valence-electron chi connectivity index (χ2n) is 9.79. The predicted octanol–water partition coefficient (Wildman–Crippen LogP) is 1.95. The molecule has 2 unspecified atom stereocenters. The van der Waals surface area contributed by atoms with Crippen LogP contribution in [0, 0.1) is 6.92 Å². The molecule has 178 valence electrons. The quantitative estimate of drug-likeness (QED) is 0.651. The van der Waals surface area contributed by atoms with Crippen LogP contribution in [0.4, 0.5) is 0 Å². The van der Waals surface area contributed by atoms with Crippen LogP contribution in [0.3, 0.4) is 0 Å². The van der Waals surface area contributed by atoms with Gasteiger partial charge in [-0.2, -0.15) is 0 Å². The summed E-state index contributed by atoms with van der Waals surface area (Å²) in [4.78, 5) is 25.3. The molecule has 3 aliphatic rings. The minimum Gasteiger partial charge on any atom is -0.487 e. The van der Waals surface area contributed by atoms with Gasteiger partial charge in [0, 0.05) is 11.5 Å². The van der Waals surface area contributed by atoms with Gasteiger partial charge in [0.15, 0.2) is 9.84 Å². The Kier molecular flexibility index (Phi) is 5.52. The molecular weight excluding hydrogens is 446 g/mol. The van der Waals surface area contributed by atoms with E-state index in [1.165, 1.54) is 19.3 Å². The second kappa shape index (κ2) is 8.13. The minimum atomic E-state index is -3.38. The highest BCUT2D eigenvalue weighted by Gasteiger charge is 2.39. The lowest BCUT2D eigenvalue weighted by Gasteiger charge is -2.41. The van der Waals surface area contributed by atoms with Crippen LogP contribution in [-0.2, 0) is 27.5 Å². The van der Waals surface area contributed by atoms with E-state index in [4.69, 9.17) is 9.15 Å². The van der Waals surface area contributed by atoms with Gasteiger partial charge >= 0.3 is 5.63 Å². The maximum Gasteiger partial charge on any atom is 0.340 e. The average molecular weight is 476 g/mol. The molecule has 2 aliphatic heterocycles. The van der Waals surface area contributed by atoms with Crippen LogP contribution in [-0.4, -0.2) is 48.7 Å². The Morgan fingerprint density at radius 2 is 1.94 bits per heavy atom. The van der Waals surface area contributed by atoms with E-state index in [9.17, 15) is 23.1 Å². The number of aryl methyl sites for hydroxylation is 2. The molecule has 1 spiro atoms. The molecule has 0 bridgehead atoms. The lowest BCUT2D eigenvalue weighted by atomic mass is 9.79. The SMILES string of the molecule is Cc1c(CC(=O)NC2CS(=O)(=O)CC2O)c(=O)oc2cc3c(cc12)CCC1(CCCCC1)O3. The van der Waals surface area contributed by atoms with Crippen molar-refractivity contribution in [3.8, 4) is 5.75 Å². The van der Waals surface area contributed by atoms with Crippen molar-refractivity contribution in [2.45, 2.75) is 76.0 Å². The molecule has 3 heterocycles. The Balaban J connectivity index is 1.40. The fourth-order valence-corrected chi connectivity index (χ4v) is 7.28. The van der Waals surface area contributed by atoms with Crippen molar-refractivity contribution >= 4 is 26.7 Å². The van der Waals surface area contributed by atoms with E-state index in [0.29, 0.717) is 11.1 Å². The highest BCUT2D eigenvalue weighted by Crippen LogP contribution is 2.43. The third-order valence-corrected chi connectivity index (χ3v) is 9.13. The molecule has 2 atom stereocenters. The van der Waals surface area contributed by atoms with Gasteiger partial charge in [-0.05, 0) is 62.6 Å². The van der Waals surface area contributed by atoms with Gasteiger partial charge in [0.25, 0.3) is 0 Å². The first-order chi connectivity index (χ1) is 15.6. The molecule has 1 aliphatic carbocycles. The number of hydrogen-bond acceptors (Lipinski definition) is 7. The number of carbonyl (C=O) groups excluding carboxylic acids is 1. The number of aliphatic hydroxyl groups excluding tert-OH is 1. The van der Waals surface area contributed by atoms with E-state index in [2.05, 4.69) is 5.32 Å². The van der Waals surface area contributed by atoms with Crippen molar-refractivity contribution < 1.29 is 27.5 Å². The van der Waals surface area contributed by atoms with E-state index in [-0.39, 0.29) is 29.1 Å². The van der Waals surface area contributed by atoms with E-state index in [1.54, 1.807) is 13.0 Å². The number of benzene rings is 1. The van der Waals surface area contributed by atoms with Gasteiger partial charge in [-0.15, -0.1) is 0 Å². The molecule has 1 aromatic carbocycles. The van der Waals surface area contributed by atoms with Gasteiger partial charge in [-0.3, -0.25) is 4.79 Å². The van der Waals surface area contributed by atoms with Crippen molar-refractivity contribution in [1.29, 1.82) is 0 Å². The van der Waals surface area contributed by atoms with Crippen LogP contribution in [0.2, 0.25) is 0 Å². The first-order valence-electron chi connectivity index (χ1n) is 11.6. The molecule has 2 aromatic rings. The molecular formula is C24H29NO7S. The van der Waals surface area contributed by atoms with Crippen molar-refractivity contribution in [2.75, 3.05) is 11.5 Å². The predicted molar refractivity (Wildman–Crippen MR) is 122 cm³/mol. The maximum absolute atomic E-state index is 12.7. The number of amides is 1. The van der Waals surface area contributed by atoms with Gasteiger partial charge in [0.05, 0.1) is 35.6 Å². The zero-order valence-corrected chi connectivity index (χ0v) is 19.5. The number of sulfone groups is 1. The van der Waals surface area contributed by atoms with Crippen LogP contribution in [0.25, 0.3) is 11.0 Å². The van der Waals surface area contributed by atoms with Crippen molar-refractivity contribution in [3.63, 3.8) is 0 Å². The average Bonchev–Trinajstić information content (AvgIpc) is 3.01. The van der Waals surface area contributed by atoms with Crippen LogP contribution in [0.15, 0.2) is 21.3 Å². The molecule has 2 fully saturated rings. The molecule has 9 heteroatoms. The third-order valence-electron chi connectivity index (χ3n) is 7.42. The first-order valence-corrected chi connectivity index (χ1v) is 13.4. The van der Waals surface area contributed by atoms with Gasteiger partial charge in [-0.25, -0.2) is 13.2 Å². The zero-order valence-electron chi connectivity index (χ0n) is 18.7. The Morgan fingerprint density at radius 1 is 1.18 bits per heavy atom. The summed E-state index contributed by atoms with van der Waals surface area (Å²) in [6.45, 7) is 1.79. The third kappa shape index (κ3) is 4.28. The topological polar surface area (TPSA) is 123 Å². The van der Waals surface area contributed by atoms with Gasteiger partial charge < -0.3 is 19.6 Å². The summed E-state index contributed by atoms with van der Waals surface area (Å²) in [6.07, 6.45) is 6.18. The van der Waals surface area contributed by atoms with Crippen LogP contribution < -0.4 is 15.7 Å². The fraction of sp³-hybridized carbons (Fsp3) is 0.583. The lowest BCUT2D eigenvalue weighted by molar-refractivity contribution is -0.121. The maximum atomic E-state index is 12.7. The van der Waals surface area contributed by atoms with E-state index >= 15 is 0 Å². The summed E-state index contributed by atoms with van der Waals surface area (Å²) >= 11 is 0. The molecule has 1 saturated heterocycles. The summed E-state index contributed by atoms with van der Waals surface area (Å²) in [7, 11) is -3.38. The van der Waals surface area contributed by atoms with Gasteiger partial charge in [0.2, 0.25) is 5.91 Å². The molecule has 1 saturated carbocycles. The summed E-state index contributed by atoms with van der Waals surface area (Å²) in [6, 6.07) is 2.93. The van der Waals surface area contributed by atoms with E-state index < -0.39 is 33.5 Å². The van der Waals surface area contributed by atoms with Crippen LogP contribution >= 0.6 is 0 Å². The van der Waals surface area contributed by atoms with Crippen molar-refractivity contribution in [3.05, 3.63) is 39.2 Å². The largest absolute Gasteiger partial charge is 0.487 e. The Hall–Kier alpha value is -2.39. The molecule has 0 radical (unpaired) electrons. The standard InChI is InChI=1S/C24H29NO7S/c1-14-16-9-15-5-8-24(6-3-2-4-7-24)32-20(15)11-21(16)31-23(28)17(14)10-22(27)25-18-12-33(29,30)13-19(18)26/h9,11,18-19,26H,2-8,10,12-13H2,1H3,(H,25,27). The highest BCUT2D eigenvalue weighted by molar-refractivity contribution is 7.91. The number of rotatable bonds is 3. The Morgan fingerprint density at radius 3 is 2.64 bits per heavy atom.